The summed E-state index contributed by atoms with van der Waals surface area (Å²) in [6.45, 7) is 6.40. The highest BCUT2D eigenvalue weighted by Crippen LogP contribution is 2.38. The highest BCUT2D eigenvalue weighted by Gasteiger charge is 2.33. The Kier molecular flexibility index (Phi) is 3.78. The molecule has 1 rings (SSSR count). The Morgan fingerprint density at radius 1 is 1.31 bits per heavy atom. The Hall–Kier alpha value is -0.0400. The Bertz CT molecular complexity index is 143. The van der Waals surface area contributed by atoms with Crippen LogP contribution in [0.5, 0.6) is 0 Å². The standard InChI is InChI=1S/C12H24O/c1-4-11(5-2)12(3,13)9-10-7-6-8-10/h10-11,13H,4-9H2,1-3H3. The molecule has 1 aliphatic carbocycles. The molecule has 1 unspecified atom stereocenters. The Balaban J connectivity index is 2.41. The summed E-state index contributed by atoms with van der Waals surface area (Å²) < 4.78 is 0. The molecule has 78 valence electrons. The molecule has 1 nitrogen and oxygen atoms in total. The molecule has 0 aromatic rings. The van der Waals surface area contributed by atoms with Crippen molar-refractivity contribution in [1.82, 2.24) is 0 Å². The summed E-state index contributed by atoms with van der Waals surface area (Å²) in [5, 5.41) is 10.3. The lowest BCUT2D eigenvalue weighted by molar-refractivity contribution is -0.0348. The van der Waals surface area contributed by atoms with Crippen LogP contribution in [0.1, 0.15) is 59.3 Å². The molecule has 0 aromatic carbocycles. The summed E-state index contributed by atoms with van der Waals surface area (Å²) in [6, 6.07) is 0. The quantitative estimate of drug-likeness (QED) is 0.694. The topological polar surface area (TPSA) is 20.2 Å². The van der Waals surface area contributed by atoms with Gasteiger partial charge in [-0.2, -0.15) is 0 Å². The predicted octanol–water partition coefficient (Wildman–Crippen LogP) is 3.36. The smallest absolute Gasteiger partial charge is 0.0650 e. The van der Waals surface area contributed by atoms with E-state index in [9.17, 15) is 5.11 Å². The molecule has 0 amide bonds. The Morgan fingerprint density at radius 3 is 2.15 bits per heavy atom. The molecule has 1 fully saturated rings. The van der Waals surface area contributed by atoms with Gasteiger partial charge in [-0.1, -0.05) is 46.0 Å². The maximum atomic E-state index is 10.3. The zero-order chi connectivity index (χ0) is 9.90. The molecule has 0 radical (unpaired) electrons. The van der Waals surface area contributed by atoms with E-state index in [0.717, 1.165) is 25.2 Å². The van der Waals surface area contributed by atoms with Crippen molar-refractivity contribution in [3.8, 4) is 0 Å². The third kappa shape index (κ3) is 2.70. The van der Waals surface area contributed by atoms with E-state index in [0.29, 0.717) is 5.92 Å². The van der Waals surface area contributed by atoms with Gasteiger partial charge in [-0.15, -0.1) is 0 Å². The lowest BCUT2D eigenvalue weighted by atomic mass is 9.72. The minimum absolute atomic E-state index is 0.408. The van der Waals surface area contributed by atoms with Gasteiger partial charge in [0.1, 0.15) is 0 Å². The van der Waals surface area contributed by atoms with E-state index in [1.165, 1.54) is 19.3 Å². The molecule has 1 heteroatoms. The minimum Gasteiger partial charge on any atom is -0.390 e. The highest BCUT2D eigenvalue weighted by atomic mass is 16.3. The van der Waals surface area contributed by atoms with Crippen molar-refractivity contribution in [1.29, 1.82) is 0 Å². The van der Waals surface area contributed by atoms with Crippen molar-refractivity contribution in [3.63, 3.8) is 0 Å². The molecule has 1 atom stereocenters. The Labute approximate surface area is 82.5 Å². The van der Waals surface area contributed by atoms with E-state index in [2.05, 4.69) is 13.8 Å². The fourth-order valence-corrected chi connectivity index (χ4v) is 2.62. The maximum absolute atomic E-state index is 10.3. The Morgan fingerprint density at radius 2 is 1.85 bits per heavy atom. The van der Waals surface area contributed by atoms with E-state index in [1.807, 2.05) is 6.92 Å². The molecular formula is C12H24O. The van der Waals surface area contributed by atoms with Crippen LogP contribution in [0.3, 0.4) is 0 Å². The fraction of sp³-hybridized carbons (Fsp3) is 1.00. The number of hydrogen-bond acceptors (Lipinski definition) is 1. The van der Waals surface area contributed by atoms with Crippen molar-refractivity contribution in [2.24, 2.45) is 11.8 Å². The molecular weight excluding hydrogens is 160 g/mol. The van der Waals surface area contributed by atoms with Crippen molar-refractivity contribution in [2.75, 3.05) is 0 Å². The second kappa shape index (κ2) is 4.45. The fourth-order valence-electron chi connectivity index (χ4n) is 2.62. The van der Waals surface area contributed by atoms with Crippen molar-refractivity contribution < 1.29 is 5.11 Å². The van der Waals surface area contributed by atoms with E-state index in [-0.39, 0.29) is 0 Å². The average Bonchev–Trinajstić information content (AvgIpc) is 1.99. The third-order valence-corrected chi connectivity index (χ3v) is 3.79. The van der Waals surface area contributed by atoms with Gasteiger partial charge < -0.3 is 5.11 Å². The molecule has 0 bridgehead atoms. The first-order chi connectivity index (χ1) is 6.10. The molecule has 0 aromatic heterocycles. The highest BCUT2D eigenvalue weighted by molar-refractivity contribution is 4.85. The van der Waals surface area contributed by atoms with E-state index in [1.54, 1.807) is 0 Å². The van der Waals surface area contributed by atoms with Gasteiger partial charge in [-0.05, 0) is 25.2 Å². The monoisotopic (exact) mass is 184 g/mol. The van der Waals surface area contributed by atoms with Crippen LogP contribution in [0.25, 0.3) is 0 Å². The van der Waals surface area contributed by atoms with Gasteiger partial charge in [0.25, 0.3) is 0 Å². The normalized spacial score (nSPS) is 22.8. The van der Waals surface area contributed by atoms with Crippen molar-refractivity contribution in [3.05, 3.63) is 0 Å². The van der Waals surface area contributed by atoms with Crippen LogP contribution in [-0.4, -0.2) is 10.7 Å². The molecule has 0 saturated heterocycles. The van der Waals surface area contributed by atoms with Gasteiger partial charge in [-0.25, -0.2) is 0 Å². The van der Waals surface area contributed by atoms with E-state index >= 15 is 0 Å². The first-order valence-electron chi connectivity index (χ1n) is 5.82. The van der Waals surface area contributed by atoms with Crippen molar-refractivity contribution >= 4 is 0 Å². The molecule has 1 N–H and O–H groups in total. The minimum atomic E-state index is -0.408. The van der Waals surface area contributed by atoms with Crippen LogP contribution in [0.15, 0.2) is 0 Å². The van der Waals surface area contributed by atoms with Crippen LogP contribution in [0.2, 0.25) is 0 Å². The van der Waals surface area contributed by atoms with Crippen LogP contribution >= 0.6 is 0 Å². The third-order valence-electron chi connectivity index (χ3n) is 3.79. The lowest BCUT2D eigenvalue weighted by Crippen LogP contribution is -2.37. The summed E-state index contributed by atoms with van der Waals surface area (Å²) >= 11 is 0. The average molecular weight is 184 g/mol. The van der Waals surface area contributed by atoms with Crippen molar-refractivity contribution in [2.45, 2.75) is 64.9 Å². The second-order valence-electron chi connectivity index (χ2n) is 4.87. The first kappa shape index (κ1) is 11.0. The van der Waals surface area contributed by atoms with E-state index < -0.39 is 5.60 Å². The SMILES string of the molecule is CCC(CC)C(C)(O)CC1CCC1. The summed E-state index contributed by atoms with van der Waals surface area (Å²) in [4.78, 5) is 0. The van der Waals surface area contributed by atoms with Gasteiger partial charge in [0.05, 0.1) is 5.60 Å². The van der Waals surface area contributed by atoms with Crippen LogP contribution < -0.4 is 0 Å². The summed E-state index contributed by atoms with van der Waals surface area (Å²) in [7, 11) is 0. The predicted molar refractivity (Wildman–Crippen MR) is 56.7 cm³/mol. The van der Waals surface area contributed by atoms with Gasteiger partial charge in [0, 0.05) is 0 Å². The number of hydrogen-bond donors (Lipinski definition) is 1. The second-order valence-corrected chi connectivity index (χ2v) is 4.87. The molecule has 1 saturated carbocycles. The van der Waals surface area contributed by atoms with Gasteiger partial charge in [-0.3, -0.25) is 0 Å². The summed E-state index contributed by atoms with van der Waals surface area (Å²) in [5.74, 6) is 1.31. The first-order valence-corrected chi connectivity index (χ1v) is 5.82. The number of rotatable bonds is 5. The zero-order valence-electron chi connectivity index (χ0n) is 9.34. The molecule has 0 spiro atoms. The van der Waals surface area contributed by atoms with E-state index in [4.69, 9.17) is 0 Å². The molecule has 0 heterocycles. The molecule has 0 aliphatic heterocycles. The maximum Gasteiger partial charge on any atom is 0.0650 e. The van der Waals surface area contributed by atoms with Crippen LogP contribution in [0.4, 0.5) is 0 Å². The van der Waals surface area contributed by atoms with Crippen LogP contribution in [-0.2, 0) is 0 Å². The van der Waals surface area contributed by atoms with Gasteiger partial charge in [0.2, 0.25) is 0 Å². The largest absolute Gasteiger partial charge is 0.390 e. The molecule has 1 aliphatic rings. The number of aliphatic hydroxyl groups is 1. The van der Waals surface area contributed by atoms with Crippen LogP contribution in [0, 0.1) is 11.8 Å². The molecule has 13 heavy (non-hydrogen) atoms. The zero-order valence-corrected chi connectivity index (χ0v) is 9.34. The van der Waals surface area contributed by atoms with Gasteiger partial charge >= 0.3 is 0 Å². The summed E-state index contributed by atoms with van der Waals surface area (Å²) in [5.41, 5.74) is -0.408. The summed E-state index contributed by atoms with van der Waals surface area (Å²) in [6.07, 6.45) is 7.31. The van der Waals surface area contributed by atoms with Gasteiger partial charge in [0.15, 0.2) is 0 Å². The lowest BCUT2D eigenvalue weighted by Gasteiger charge is -2.38.